The largest absolute Gasteiger partial charge is 0.504 e. The summed E-state index contributed by atoms with van der Waals surface area (Å²) in [6.45, 7) is 0. The molecule has 0 aliphatic rings. The molecule has 4 nitrogen and oxygen atoms in total. The molecule has 0 aliphatic carbocycles. The van der Waals surface area contributed by atoms with E-state index >= 15 is 0 Å². The number of hydrogen-bond acceptors (Lipinski definition) is 4. The molecule has 0 saturated heterocycles. The average Bonchev–Trinajstić information content (AvgIpc) is 2.44. The van der Waals surface area contributed by atoms with Crippen LogP contribution in [0.3, 0.4) is 0 Å². The summed E-state index contributed by atoms with van der Waals surface area (Å²) in [5.74, 6) is -0.237. The highest BCUT2D eigenvalue weighted by atomic mass is 16.4. The maximum absolute atomic E-state index is 11.9. The van der Waals surface area contributed by atoms with E-state index in [1.807, 2.05) is 18.2 Å². The van der Waals surface area contributed by atoms with Crippen LogP contribution in [0, 0.1) is 0 Å². The van der Waals surface area contributed by atoms with Gasteiger partial charge in [-0.1, -0.05) is 30.3 Å². The molecular formula is C15H10O4. The van der Waals surface area contributed by atoms with Crippen LogP contribution in [0.2, 0.25) is 0 Å². The van der Waals surface area contributed by atoms with Gasteiger partial charge in [-0.05, 0) is 18.2 Å². The van der Waals surface area contributed by atoms with E-state index in [4.69, 9.17) is 4.42 Å². The summed E-state index contributed by atoms with van der Waals surface area (Å²) >= 11 is 0. The Morgan fingerprint density at radius 3 is 2.37 bits per heavy atom. The van der Waals surface area contributed by atoms with Crippen molar-refractivity contribution in [3.05, 3.63) is 59.0 Å². The van der Waals surface area contributed by atoms with E-state index in [9.17, 15) is 15.0 Å². The first-order chi connectivity index (χ1) is 9.16. The van der Waals surface area contributed by atoms with Crippen molar-refractivity contribution in [3.8, 4) is 22.8 Å². The summed E-state index contributed by atoms with van der Waals surface area (Å²) in [7, 11) is 0. The molecule has 1 heterocycles. The molecule has 2 aromatic carbocycles. The monoisotopic (exact) mass is 254 g/mol. The van der Waals surface area contributed by atoms with Gasteiger partial charge in [-0.15, -0.1) is 0 Å². The molecule has 19 heavy (non-hydrogen) atoms. The van der Waals surface area contributed by atoms with Gasteiger partial charge >= 0.3 is 5.63 Å². The van der Waals surface area contributed by atoms with Crippen molar-refractivity contribution in [3.63, 3.8) is 0 Å². The number of aromatic hydroxyl groups is 2. The number of hydrogen-bond donors (Lipinski definition) is 2. The van der Waals surface area contributed by atoms with E-state index in [1.54, 1.807) is 18.2 Å². The smallest absolute Gasteiger partial charge is 0.344 e. The Bertz CT molecular complexity index is 803. The van der Waals surface area contributed by atoms with Gasteiger partial charge in [0.25, 0.3) is 0 Å². The van der Waals surface area contributed by atoms with E-state index in [-0.39, 0.29) is 22.3 Å². The van der Waals surface area contributed by atoms with Crippen molar-refractivity contribution in [2.24, 2.45) is 0 Å². The fourth-order valence-corrected chi connectivity index (χ4v) is 1.98. The quantitative estimate of drug-likeness (QED) is 0.655. The third-order valence-electron chi connectivity index (χ3n) is 2.95. The second-order valence-corrected chi connectivity index (χ2v) is 4.16. The molecule has 0 unspecified atom stereocenters. The summed E-state index contributed by atoms with van der Waals surface area (Å²) in [6, 6.07) is 13.3. The first-order valence-electron chi connectivity index (χ1n) is 5.71. The first-order valence-corrected chi connectivity index (χ1v) is 5.71. The van der Waals surface area contributed by atoms with Crippen molar-refractivity contribution in [2.75, 3.05) is 0 Å². The Balaban J connectivity index is 2.36. The fourth-order valence-electron chi connectivity index (χ4n) is 1.98. The molecule has 94 valence electrons. The second kappa shape index (κ2) is 4.17. The zero-order chi connectivity index (χ0) is 13.4. The molecule has 0 radical (unpaired) electrons. The summed E-state index contributed by atoms with van der Waals surface area (Å²) in [6.07, 6.45) is 0. The highest BCUT2D eigenvalue weighted by molar-refractivity contribution is 5.91. The van der Waals surface area contributed by atoms with Gasteiger partial charge in [0, 0.05) is 10.9 Å². The van der Waals surface area contributed by atoms with Gasteiger partial charge in [-0.3, -0.25) is 0 Å². The van der Waals surface area contributed by atoms with E-state index < -0.39 is 5.63 Å². The van der Waals surface area contributed by atoms with Gasteiger partial charge in [0.1, 0.15) is 5.76 Å². The van der Waals surface area contributed by atoms with E-state index in [0.29, 0.717) is 5.76 Å². The van der Waals surface area contributed by atoms with Gasteiger partial charge in [0.15, 0.2) is 11.5 Å². The first kappa shape index (κ1) is 11.3. The molecule has 2 N–H and O–H groups in total. The Hall–Kier alpha value is -2.75. The van der Waals surface area contributed by atoms with Crippen LogP contribution in [0.25, 0.3) is 22.1 Å². The minimum atomic E-state index is -0.549. The van der Waals surface area contributed by atoms with Crippen molar-refractivity contribution < 1.29 is 14.6 Å². The average molecular weight is 254 g/mol. The molecule has 1 aromatic heterocycles. The molecule has 0 aliphatic heterocycles. The van der Waals surface area contributed by atoms with Crippen LogP contribution in [0.15, 0.2) is 57.7 Å². The lowest BCUT2D eigenvalue weighted by atomic mass is 10.1. The minimum Gasteiger partial charge on any atom is -0.504 e. The highest BCUT2D eigenvalue weighted by Gasteiger charge is 2.12. The number of benzene rings is 2. The molecule has 0 amide bonds. The van der Waals surface area contributed by atoms with Crippen LogP contribution in [-0.4, -0.2) is 10.2 Å². The van der Waals surface area contributed by atoms with Gasteiger partial charge in [-0.25, -0.2) is 4.79 Å². The Labute approximate surface area is 108 Å². The lowest BCUT2D eigenvalue weighted by molar-refractivity contribution is 0.407. The molecule has 4 heteroatoms. The lowest BCUT2D eigenvalue weighted by Gasteiger charge is -2.05. The van der Waals surface area contributed by atoms with Gasteiger partial charge in [0.05, 0.1) is 5.39 Å². The second-order valence-electron chi connectivity index (χ2n) is 4.16. The zero-order valence-electron chi connectivity index (χ0n) is 9.83. The zero-order valence-corrected chi connectivity index (χ0v) is 9.83. The lowest BCUT2D eigenvalue weighted by Crippen LogP contribution is -2.00. The van der Waals surface area contributed by atoms with Crippen molar-refractivity contribution in [2.45, 2.75) is 0 Å². The maximum Gasteiger partial charge on any atom is 0.344 e. The van der Waals surface area contributed by atoms with Crippen LogP contribution < -0.4 is 5.63 Å². The number of fused-ring (bicyclic) bond motifs is 1. The van der Waals surface area contributed by atoms with Gasteiger partial charge in [0.2, 0.25) is 0 Å². The Kier molecular flexibility index (Phi) is 2.49. The van der Waals surface area contributed by atoms with Crippen molar-refractivity contribution in [1.82, 2.24) is 0 Å². The molecule has 3 aromatic rings. The van der Waals surface area contributed by atoms with Gasteiger partial charge < -0.3 is 14.6 Å². The van der Waals surface area contributed by atoms with Gasteiger partial charge in [-0.2, -0.15) is 0 Å². The Morgan fingerprint density at radius 1 is 0.895 bits per heavy atom. The number of rotatable bonds is 1. The summed E-state index contributed by atoms with van der Waals surface area (Å²) < 4.78 is 5.22. The van der Waals surface area contributed by atoms with E-state index in [1.165, 1.54) is 12.1 Å². The maximum atomic E-state index is 11.9. The third-order valence-corrected chi connectivity index (χ3v) is 2.95. The van der Waals surface area contributed by atoms with Crippen LogP contribution in [0.4, 0.5) is 0 Å². The molecule has 0 saturated carbocycles. The van der Waals surface area contributed by atoms with Crippen LogP contribution in [-0.2, 0) is 0 Å². The molecule has 0 bridgehead atoms. The van der Waals surface area contributed by atoms with Crippen LogP contribution >= 0.6 is 0 Å². The van der Waals surface area contributed by atoms with Crippen LogP contribution in [0.5, 0.6) is 11.5 Å². The predicted molar refractivity (Wildman–Crippen MR) is 71.2 cm³/mol. The van der Waals surface area contributed by atoms with E-state index in [2.05, 4.69) is 0 Å². The molecule has 0 atom stereocenters. The topological polar surface area (TPSA) is 70.7 Å². The normalized spacial score (nSPS) is 10.7. The van der Waals surface area contributed by atoms with Crippen molar-refractivity contribution >= 4 is 10.8 Å². The standard InChI is InChI=1S/C15H10O4/c16-12-7-6-10-11(14(12)17)8-13(19-15(10)18)9-4-2-1-3-5-9/h1-8,16-17H. The summed E-state index contributed by atoms with van der Waals surface area (Å²) in [5.41, 5.74) is 0.177. The SMILES string of the molecule is O=c1oc(-c2ccccc2)cc2c(O)c(O)ccc12. The summed E-state index contributed by atoms with van der Waals surface area (Å²) in [4.78, 5) is 11.9. The summed E-state index contributed by atoms with van der Waals surface area (Å²) in [5, 5.41) is 19.8. The van der Waals surface area contributed by atoms with Crippen LogP contribution in [0.1, 0.15) is 0 Å². The molecule has 3 rings (SSSR count). The number of phenolic OH excluding ortho intramolecular Hbond substituents is 2. The number of phenols is 2. The third kappa shape index (κ3) is 1.83. The highest BCUT2D eigenvalue weighted by Crippen LogP contribution is 2.34. The molecular weight excluding hydrogens is 244 g/mol. The predicted octanol–water partition coefficient (Wildman–Crippen LogP) is 2.87. The molecule has 0 fully saturated rings. The van der Waals surface area contributed by atoms with E-state index in [0.717, 1.165) is 5.56 Å². The fraction of sp³-hybridized carbons (Fsp3) is 0. The Morgan fingerprint density at radius 2 is 1.63 bits per heavy atom. The van der Waals surface area contributed by atoms with Crippen molar-refractivity contribution in [1.29, 1.82) is 0 Å². The minimum absolute atomic E-state index is 0.231. The molecule has 0 spiro atoms.